The molecule has 5 nitrogen and oxygen atoms in total. The van der Waals surface area contributed by atoms with Gasteiger partial charge in [0.2, 0.25) is 0 Å². The molecular formula is C19H26O5. The van der Waals surface area contributed by atoms with Crippen molar-refractivity contribution in [2.45, 2.75) is 70.2 Å². The third kappa shape index (κ3) is 1.76. The Balaban J connectivity index is 1.83. The maximum Gasteiger partial charge on any atom is 0.159 e. The Morgan fingerprint density at radius 1 is 1.08 bits per heavy atom. The highest BCUT2D eigenvalue weighted by Crippen LogP contribution is 2.64. The van der Waals surface area contributed by atoms with E-state index in [9.17, 15) is 24.9 Å². The van der Waals surface area contributed by atoms with Crippen LogP contribution in [-0.4, -0.2) is 44.7 Å². The van der Waals surface area contributed by atoms with Gasteiger partial charge in [0.15, 0.2) is 5.78 Å². The zero-order valence-electron chi connectivity index (χ0n) is 14.3. The van der Waals surface area contributed by atoms with Crippen molar-refractivity contribution >= 4 is 11.6 Å². The molecule has 4 rings (SSSR count). The number of hydrogen-bond donors (Lipinski definition) is 3. The largest absolute Gasteiger partial charge is 0.390 e. The summed E-state index contributed by atoms with van der Waals surface area (Å²) >= 11 is 0. The first-order chi connectivity index (χ1) is 11.1. The number of hydrogen-bond acceptors (Lipinski definition) is 5. The lowest BCUT2D eigenvalue weighted by atomic mass is 9.47. The minimum absolute atomic E-state index is 0.0219. The van der Waals surface area contributed by atoms with Crippen LogP contribution in [0.3, 0.4) is 0 Å². The second-order valence-electron chi connectivity index (χ2n) is 8.84. The van der Waals surface area contributed by atoms with Crippen LogP contribution in [0.15, 0.2) is 11.6 Å². The highest BCUT2D eigenvalue weighted by Gasteiger charge is 2.66. The third-order valence-corrected chi connectivity index (χ3v) is 7.83. The first kappa shape index (κ1) is 16.4. The van der Waals surface area contributed by atoms with Crippen LogP contribution in [0.5, 0.6) is 0 Å². The molecule has 4 aliphatic rings. The van der Waals surface area contributed by atoms with E-state index in [2.05, 4.69) is 0 Å². The average molecular weight is 334 g/mol. The molecule has 4 aliphatic carbocycles. The Labute approximate surface area is 141 Å². The van der Waals surface area contributed by atoms with E-state index in [0.717, 1.165) is 6.42 Å². The van der Waals surface area contributed by atoms with Crippen molar-refractivity contribution in [1.82, 2.24) is 0 Å². The first-order valence-electron chi connectivity index (χ1n) is 9.01. The van der Waals surface area contributed by atoms with Gasteiger partial charge in [-0.05, 0) is 62.0 Å². The SMILES string of the molecule is C[C@]12C[C@H](O)[C@@H](O)C[C@H]1C(=O)C=C1C2CC[C@]2(C)C(=O)CC[C@@]12O. The summed E-state index contributed by atoms with van der Waals surface area (Å²) in [5, 5.41) is 31.6. The van der Waals surface area contributed by atoms with Crippen LogP contribution in [0.4, 0.5) is 0 Å². The van der Waals surface area contributed by atoms with Gasteiger partial charge in [0, 0.05) is 12.3 Å². The van der Waals surface area contributed by atoms with Gasteiger partial charge in [-0.2, -0.15) is 0 Å². The van der Waals surface area contributed by atoms with Crippen molar-refractivity contribution in [3.63, 3.8) is 0 Å². The van der Waals surface area contributed by atoms with E-state index in [1.807, 2.05) is 13.8 Å². The fourth-order valence-corrected chi connectivity index (χ4v) is 6.14. The molecule has 132 valence electrons. The van der Waals surface area contributed by atoms with Crippen LogP contribution in [-0.2, 0) is 9.59 Å². The fraction of sp³-hybridized carbons (Fsp3) is 0.789. The lowest BCUT2D eigenvalue weighted by Gasteiger charge is -2.58. The summed E-state index contributed by atoms with van der Waals surface area (Å²) in [7, 11) is 0. The monoisotopic (exact) mass is 334 g/mol. The molecule has 0 heterocycles. The summed E-state index contributed by atoms with van der Waals surface area (Å²) in [5.41, 5.74) is -1.80. The Hall–Kier alpha value is -1.04. The van der Waals surface area contributed by atoms with Crippen LogP contribution >= 0.6 is 0 Å². The van der Waals surface area contributed by atoms with Gasteiger partial charge in [-0.15, -0.1) is 0 Å². The number of aliphatic hydroxyl groups is 3. The van der Waals surface area contributed by atoms with E-state index < -0.39 is 28.6 Å². The topological polar surface area (TPSA) is 94.8 Å². The molecule has 5 heteroatoms. The molecule has 3 fully saturated rings. The molecule has 3 N–H and O–H groups in total. The van der Waals surface area contributed by atoms with Gasteiger partial charge in [-0.3, -0.25) is 9.59 Å². The van der Waals surface area contributed by atoms with Gasteiger partial charge in [0.05, 0.1) is 23.2 Å². The van der Waals surface area contributed by atoms with Gasteiger partial charge in [-0.25, -0.2) is 0 Å². The van der Waals surface area contributed by atoms with Crippen LogP contribution in [0.1, 0.15) is 52.4 Å². The van der Waals surface area contributed by atoms with E-state index in [-0.39, 0.29) is 29.8 Å². The van der Waals surface area contributed by atoms with Gasteiger partial charge < -0.3 is 15.3 Å². The van der Waals surface area contributed by atoms with E-state index in [1.54, 1.807) is 6.08 Å². The summed E-state index contributed by atoms with van der Waals surface area (Å²) in [6.45, 7) is 3.84. The fourth-order valence-electron chi connectivity index (χ4n) is 6.14. The summed E-state index contributed by atoms with van der Waals surface area (Å²) < 4.78 is 0. The highest BCUT2D eigenvalue weighted by atomic mass is 16.3. The van der Waals surface area contributed by atoms with E-state index in [4.69, 9.17) is 0 Å². The summed E-state index contributed by atoms with van der Waals surface area (Å²) in [5.74, 6) is -0.337. The van der Waals surface area contributed by atoms with Gasteiger partial charge >= 0.3 is 0 Å². The molecule has 0 spiro atoms. The first-order valence-corrected chi connectivity index (χ1v) is 9.01. The Morgan fingerprint density at radius 3 is 2.50 bits per heavy atom. The number of rotatable bonds is 0. The molecule has 0 aromatic heterocycles. The van der Waals surface area contributed by atoms with Gasteiger partial charge in [0.1, 0.15) is 5.78 Å². The number of fused-ring (bicyclic) bond motifs is 5. The summed E-state index contributed by atoms with van der Waals surface area (Å²) in [4.78, 5) is 25.2. The Morgan fingerprint density at radius 2 is 1.79 bits per heavy atom. The van der Waals surface area contributed by atoms with Gasteiger partial charge in [-0.1, -0.05) is 6.92 Å². The van der Waals surface area contributed by atoms with E-state index in [0.29, 0.717) is 31.3 Å². The Bertz CT molecular complexity index is 654. The number of ketones is 2. The minimum atomic E-state index is -1.24. The normalized spacial score (nSPS) is 54.0. The molecule has 0 aromatic rings. The molecule has 0 aromatic carbocycles. The van der Waals surface area contributed by atoms with Crippen LogP contribution in [0, 0.1) is 22.7 Å². The Kier molecular flexibility index (Phi) is 3.27. The zero-order valence-corrected chi connectivity index (χ0v) is 14.3. The number of aliphatic hydroxyl groups excluding tert-OH is 2. The molecule has 0 saturated heterocycles. The van der Waals surface area contributed by atoms with Gasteiger partial charge in [0.25, 0.3) is 0 Å². The van der Waals surface area contributed by atoms with Crippen molar-refractivity contribution in [3.8, 4) is 0 Å². The molecule has 24 heavy (non-hydrogen) atoms. The van der Waals surface area contributed by atoms with Crippen molar-refractivity contribution in [1.29, 1.82) is 0 Å². The predicted molar refractivity (Wildman–Crippen MR) is 86.0 cm³/mol. The smallest absolute Gasteiger partial charge is 0.159 e. The maximum absolute atomic E-state index is 12.8. The molecular weight excluding hydrogens is 308 g/mol. The summed E-state index contributed by atoms with van der Waals surface area (Å²) in [6.07, 6.45) is 2.56. The van der Waals surface area contributed by atoms with E-state index in [1.165, 1.54) is 0 Å². The van der Waals surface area contributed by atoms with Crippen molar-refractivity contribution in [2.24, 2.45) is 22.7 Å². The van der Waals surface area contributed by atoms with Crippen molar-refractivity contribution < 1.29 is 24.9 Å². The standard InChI is InChI=1S/C19H26O5/c1-17-9-15(22)14(21)8-12(17)13(20)7-11-10(17)3-5-18(2)16(23)4-6-19(11,18)24/h7,10,12,14-15,21-22,24H,3-6,8-9H2,1-2H3/t10?,12-,14-,15-,17+,18+,19+/m0/s1. The molecule has 3 saturated carbocycles. The molecule has 7 atom stereocenters. The molecule has 0 amide bonds. The van der Waals surface area contributed by atoms with Crippen LogP contribution in [0.25, 0.3) is 0 Å². The number of carbonyl (C=O) groups is 2. The molecule has 1 unspecified atom stereocenters. The second kappa shape index (κ2) is 4.77. The maximum atomic E-state index is 12.8. The van der Waals surface area contributed by atoms with Crippen molar-refractivity contribution in [2.75, 3.05) is 0 Å². The lowest BCUT2D eigenvalue weighted by molar-refractivity contribution is -0.154. The number of carbonyl (C=O) groups excluding carboxylic acids is 2. The van der Waals surface area contributed by atoms with E-state index >= 15 is 0 Å². The van der Waals surface area contributed by atoms with Crippen LogP contribution < -0.4 is 0 Å². The second-order valence-corrected chi connectivity index (χ2v) is 8.84. The third-order valence-electron chi connectivity index (χ3n) is 7.83. The molecule has 0 radical (unpaired) electrons. The number of Topliss-reactive ketones (excluding diaryl/α,β-unsaturated/α-hetero) is 1. The van der Waals surface area contributed by atoms with Crippen LogP contribution in [0.2, 0.25) is 0 Å². The summed E-state index contributed by atoms with van der Waals surface area (Å²) in [6, 6.07) is 0. The predicted octanol–water partition coefficient (Wildman–Crippen LogP) is 1.14. The highest BCUT2D eigenvalue weighted by molar-refractivity contribution is 5.96. The van der Waals surface area contributed by atoms with Crippen molar-refractivity contribution in [3.05, 3.63) is 11.6 Å². The quantitative estimate of drug-likeness (QED) is 0.618. The molecule has 0 bridgehead atoms. The molecule has 0 aliphatic heterocycles. The number of allylic oxidation sites excluding steroid dienone is 1. The average Bonchev–Trinajstić information content (AvgIpc) is 2.75. The minimum Gasteiger partial charge on any atom is -0.390 e. The zero-order chi connectivity index (χ0) is 17.5. The lowest BCUT2D eigenvalue weighted by Crippen LogP contribution is -2.60.